The molecule has 0 spiro atoms. The Kier molecular flexibility index (Phi) is 5.35. The van der Waals surface area contributed by atoms with Crippen LogP contribution in [0.5, 0.6) is 0 Å². The van der Waals surface area contributed by atoms with E-state index in [-0.39, 0.29) is 5.69 Å². The number of hydrogen-bond donors (Lipinski definition) is 1. The SMILES string of the molecule is CN(C)CCCCNc1ccc([N+](=O)[O-])cn1. The summed E-state index contributed by atoms with van der Waals surface area (Å²) in [5.74, 6) is 0.681. The fourth-order valence-electron chi connectivity index (χ4n) is 1.37. The molecule has 0 aliphatic rings. The third-order valence-electron chi connectivity index (χ3n) is 2.30. The lowest BCUT2D eigenvalue weighted by Crippen LogP contribution is -2.14. The maximum absolute atomic E-state index is 10.4. The molecule has 1 aromatic rings. The molecule has 1 rings (SSSR count). The number of pyridine rings is 1. The zero-order chi connectivity index (χ0) is 12.7. The first-order valence-corrected chi connectivity index (χ1v) is 5.58. The lowest BCUT2D eigenvalue weighted by atomic mass is 10.3. The highest BCUT2D eigenvalue weighted by Crippen LogP contribution is 2.11. The van der Waals surface area contributed by atoms with Crippen LogP contribution in [0.4, 0.5) is 11.5 Å². The Morgan fingerprint density at radius 1 is 1.41 bits per heavy atom. The Bertz CT molecular complexity index is 351. The van der Waals surface area contributed by atoms with Gasteiger partial charge in [0.15, 0.2) is 0 Å². The largest absolute Gasteiger partial charge is 0.370 e. The van der Waals surface area contributed by atoms with Crippen LogP contribution in [0.25, 0.3) is 0 Å². The normalized spacial score (nSPS) is 10.5. The van der Waals surface area contributed by atoms with Gasteiger partial charge in [-0.1, -0.05) is 0 Å². The molecule has 0 aliphatic carbocycles. The quantitative estimate of drug-likeness (QED) is 0.445. The standard InChI is InChI=1S/C11H18N4O2/c1-14(2)8-4-3-7-12-11-6-5-10(9-13-11)15(16)17/h5-6,9H,3-4,7-8H2,1-2H3,(H,12,13). The van der Waals surface area contributed by atoms with Crippen molar-refractivity contribution in [1.29, 1.82) is 0 Å². The van der Waals surface area contributed by atoms with Gasteiger partial charge >= 0.3 is 0 Å². The average Bonchev–Trinajstić information content (AvgIpc) is 2.29. The van der Waals surface area contributed by atoms with Gasteiger partial charge in [0.2, 0.25) is 0 Å². The topological polar surface area (TPSA) is 71.3 Å². The summed E-state index contributed by atoms with van der Waals surface area (Å²) in [4.78, 5) is 16.1. The summed E-state index contributed by atoms with van der Waals surface area (Å²) in [7, 11) is 4.09. The van der Waals surface area contributed by atoms with E-state index in [0.29, 0.717) is 5.82 Å². The second-order valence-electron chi connectivity index (χ2n) is 4.10. The zero-order valence-electron chi connectivity index (χ0n) is 10.2. The lowest BCUT2D eigenvalue weighted by molar-refractivity contribution is -0.385. The van der Waals surface area contributed by atoms with Crippen LogP contribution in [0.1, 0.15) is 12.8 Å². The van der Waals surface area contributed by atoms with Crippen LogP contribution in [0.2, 0.25) is 0 Å². The molecule has 17 heavy (non-hydrogen) atoms. The Balaban J connectivity index is 2.25. The van der Waals surface area contributed by atoms with E-state index in [2.05, 4.69) is 15.2 Å². The van der Waals surface area contributed by atoms with Crippen LogP contribution in [-0.4, -0.2) is 42.0 Å². The third kappa shape index (κ3) is 5.26. The van der Waals surface area contributed by atoms with Crippen molar-refractivity contribution in [2.24, 2.45) is 0 Å². The van der Waals surface area contributed by atoms with E-state index >= 15 is 0 Å². The van der Waals surface area contributed by atoms with Crippen molar-refractivity contribution in [2.45, 2.75) is 12.8 Å². The smallest absolute Gasteiger partial charge is 0.287 e. The van der Waals surface area contributed by atoms with E-state index in [4.69, 9.17) is 0 Å². The van der Waals surface area contributed by atoms with Gasteiger partial charge in [-0.05, 0) is 39.5 Å². The van der Waals surface area contributed by atoms with E-state index < -0.39 is 4.92 Å². The number of aromatic nitrogens is 1. The molecule has 0 atom stereocenters. The summed E-state index contributed by atoms with van der Waals surface area (Å²) < 4.78 is 0. The van der Waals surface area contributed by atoms with Crippen molar-refractivity contribution in [3.63, 3.8) is 0 Å². The van der Waals surface area contributed by atoms with Crippen LogP contribution >= 0.6 is 0 Å². The molecule has 0 fully saturated rings. The highest BCUT2D eigenvalue weighted by molar-refractivity contribution is 5.39. The maximum Gasteiger partial charge on any atom is 0.287 e. The van der Waals surface area contributed by atoms with Crippen molar-refractivity contribution in [2.75, 3.05) is 32.5 Å². The third-order valence-corrected chi connectivity index (χ3v) is 2.30. The molecule has 0 unspecified atom stereocenters. The summed E-state index contributed by atoms with van der Waals surface area (Å²) in [5, 5.41) is 13.5. The second kappa shape index (κ2) is 6.80. The molecule has 0 bridgehead atoms. The van der Waals surface area contributed by atoms with Crippen molar-refractivity contribution in [3.8, 4) is 0 Å². The minimum atomic E-state index is -0.451. The first-order chi connectivity index (χ1) is 8.09. The molecular formula is C11H18N4O2. The molecule has 6 nitrogen and oxygen atoms in total. The summed E-state index contributed by atoms with van der Waals surface area (Å²) in [5.41, 5.74) is 0.0168. The van der Waals surface area contributed by atoms with Gasteiger partial charge in [-0.15, -0.1) is 0 Å². The van der Waals surface area contributed by atoms with Crippen molar-refractivity contribution >= 4 is 11.5 Å². The predicted molar refractivity (Wildman–Crippen MR) is 67.2 cm³/mol. The molecule has 1 heterocycles. The Labute approximate surface area is 101 Å². The van der Waals surface area contributed by atoms with Crippen molar-refractivity contribution in [3.05, 3.63) is 28.4 Å². The molecule has 0 aliphatic heterocycles. The second-order valence-corrected chi connectivity index (χ2v) is 4.10. The zero-order valence-corrected chi connectivity index (χ0v) is 10.2. The average molecular weight is 238 g/mol. The number of nitrogens with one attached hydrogen (secondary N) is 1. The van der Waals surface area contributed by atoms with Gasteiger partial charge in [0.1, 0.15) is 12.0 Å². The Morgan fingerprint density at radius 2 is 2.18 bits per heavy atom. The summed E-state index contributed by atoms with van der Waals surface area (Å²) in [6, 6.07) is 3.08. The summed E-state index contributed by atoms with van der Waals surface area (Å²) >= 11 is 0. The van der Waals surface area contributed by atoms with Gasteiger partial charge in [0, 0.05) is 12.6 Å². The van der Waals surface area contributed by atoms with Gasteiger partial charge < -0.3 is 10.2 Å². The van der Waals surface area contributed by atoms with E-state index in [1.54, 1.807) is 6.07 Å². The Hall–Kier alpha value is -1.69. The molecular weight excluding hydrogens is 220 g/mol. The molecule has 0 aromatic carbocycles. The number of nitrogens with zero attached hydrogens (tertiary/aromatic N) is 3. The molecule has 1 N–H and O–H groups in total. The fourth-order valence-corrected chi connectivity index (χ4v) is 1.37. The monoisotopic (exact) mass is 238 g/mol. The minimum absolute atomic E-state index is 0.0168. The Morgan fingerprint density at radius 3 is 2.71 bits per heavy atom. The lowest BCUT2D eigenvalue weighted by Gasteiger charge is -2.09. The van der Waals surface area contributed by atoms with E-state index in [1.807, 2.05) is 14.1 Å². The van der Waals surface area contributed by atoms with Gasteiger partial charge in [-0.3, -0.25) is 10.1 Å². The van der Waals surface area contributed by atoms with Gasteiger partial charge in [0.25, 0.3) is 5.69 Å². The highest BCUT2D eigenvalue weighted by atomic mass is 16.6. The summed E-state index contributed by atoms with van der Waals surface area (Å²) in [6.45, 7) is 1.90. The van der Waals surface area contributed by atoms with Crippen LogP contribution < -0.4 is 5.32 Å². The van der Waals surface area contributed by atoms with E-state index in [9.17, 15) is 10.1 Å². The summed E-state index contributed by atoms with van der Waals surface area (Å²) in [6.07, 6.45) is 3.44. The predicted octanol–water partition coefficient (Wildman–Crippen LogP) is 1.74. The van der Waals surface area contributed by atoms with E-state index in [1.165, 1.54) is 12.3 Å². The van der Waals surface area contributed by atoms with Gasteiger partial charge in [-0.25, -0.2) is 4.98 Å². The number of nitro groups is 1. The number of hydrogen-bond acceptors (Lipinski definition) is 5. The van der Waals surface area contributed by atoms with Gasteiger partial charge in [-0.2, -0.15) is 0 Å². The first kappa shape index (κ1) is 13.4. The van der Waals surface area contributed by atoms with Crippen LogP contribution in [0, 0.1) is 10.1 Å². The molecule has 0 saturated heterocycles. The van der Waals surface area contributed by atoms with Crippen LogP contribution in [-0.2, 0) is 0 Å². The molecule has 0 amide bonds. The molecule has 94 valence electrons. The minimum Gasteiger partial charge on any atom is -0.370 e. The molecule has 0 radical (unpaired) electrons. The molecule has 1 aromatic heterocycles. The highest BCUT2D eigenvalue weighted by Gasteiger charge is 2.04. The fraction of sp³-hybridized carbons (Fsp3) is 0.545. The van der Waals surface area contributed by atoms with Crippen molar-refractivity contribution < 1.29 is 4.92 Å². The van der Waals surface area contributed by atoms with Crippen LogP contribution in [0.3, 0.4) is 0 Å². The number of unbranched alkanes of at least 4 members (excludes halogenated alkanes) is 1. The molecule has 6 heteroatoms. The number of anilines is 1. The molecule has 0 saturated carbocycles. The first-order valence-electron chi connectivity index (χ1n) is 5.58. The van der Waals surface area contributed by atoms with Crippen LogP contribution in [0.15, 0.2) is 18.3 Å². The maximum atomic E-state index is 10.4. The number of rotatable bonds is 7. The van der Waals surface area contributed by atoms with Gasteiger partial charge in [0.05, 0.1) is 4.92 Å². The van der Waals surface area contributed by atoms with E-state index in [0.717, 1.165) is 25.9 Å². The van der Waals surface area contributed by atoms with Crippen molar-refractivity contribution in [1.82, 2.24) is 9.88 Å².